The molecule has 6 rings (SSSR count). The van der Waals surface area contributed by atoms with Crippen LogP contribution >= 0.6 is 11.6 Å². The average Bonchev–Trinajstić information content (AvgIpc) is 3.38. The molecule has 0 radical (unpaired) electrons. The molecule has 11 heteroatoms. The van der Waals surface area contributed by atoms with Crippen molar-refractivity contribution < 1.29 is 24.0 Å². The molecule has 5 aromatic rings. The monoisotopic (exact) mass is 543 g/mol. The molecular formula is C28H22ClN5O5. The summed E-state index contributed by atoms with van der Waals surface area (Å²) in [6.07, 6.45) is 4.55. The predicted molar refractivity (Wildman–Crippen MR) is 143 cm³/mol. The van der Waals surface area contributed by atoms with Gasteiger partial charge in [0.2, 0.25) is 5.76 Å². The van der Waals surface area contributed by atoms with E-state index < -0.39 is 23.6 Å². The summed E-state index contributed by atoms with van der Waals surface area (Å²) in [6.45, 7) is 1.72. The molecular weight excluding hydrogens is 522 g/mol. The summed E-state index contributed by atoms with van der Waals surface area (Å²) >= 11 is 6.22. The maximum Gasteiger partial charge on any atom is 0.412 e. The van der Waals surface area contributed by atoms with Gasteiger partial charge in [-0.05, 0) is 37.0 Å². The number of rotatable bonds is 7. The maximum atomic E-state index is 12.7. The molecule has 1 aliphatic carbocycles. The number of imidazole rings is 1. The minimum Gasteiger partial charge on any atom is -0.481 e. The third-order valence-electron chi connectivity index (χ3n) is 7.01. The van der Waals surface area contributed by atoms with E-state index in [0.717, 1.165) is 16.7 Å². The van der Waals surface area contributed by atoms with Gasteiger partial charge in [0.15, 0.2) is 0 Å². The number of ether oxygens (including phenoxy) is 1. The summed E-state index contributed by atoms with van der Waals surface area (Å²) in [7, 11) is 0. The number of fused-ring (bicyclic) bond motifs is 1. The van der Waals surface area contributed by atoms with E-state index in [-0.39, 0.29) is 11.4 Å². The van der Waals surface area contributed by atoms with Crippen molar-refractivity contribution in [1.82, 2.24) is 20.1 Å². The summed E-state index contributed by atoms with van der Waals surface area (Å²) in [5.74, 6) is -0.579. The maximum absolute atomic E-state index is 12.7. The van der Waals surface area contributed by atoms with Crippen molar-refractivity contribution in [2.24, 2.45) is 0 Å². The molecule has 1 saturated carbocycles. The van der Waals surface area contributed by atoms with Crippen LogP contribution in [0.2, 0.25) is 5.02 Å². The van der Waals surface area contributed by atoms with E-state index >= 15 is 0 Å². The van der Waals surface area contributed by atoms with E-state index in [2.05, 4.69) is 25.4 Å². The topological polar surface area (TPSA) is 143 Å². The molecule has 1 unspecified atom stereocenters. The first-order chi connectivity index (χ1) is 18.9. The van der Waals surface area contributed by atoms with Crippen LogP contribution < -0.4 is 5.32 Å². The second kappa shape index (κ2) is 9.55. The highest BCUT2D eigenvalue weighted by Gasteiger charge is 2.51. The number of pyridine rings is 1. The van der Waals surface area contributed by atoms with Crippen LogP contribution in [0.1, 0.15) is 37.0 Å². The van der Waals surface area contributed by atoms with Gasteiger partial charge in [-0.1, -0.05) is 59.2 Å². The van der Waals surface area contributed by atoms with Gasteiger partial charge in [0.1, 0.15) is 23.0 Å². The number of carboxylic acid groups (broad SMARTS) is 1. The summed E-state index contributed by atoms with van der Waals surface area (Å²) in [5, 5.41) is 16.6. The predicted octanol–water partition coefficient (Wildman–Crippen LogP) is 6.36. The summed E-state index contributed by atoms with van der Waals surface area (Å²) in [5.41, 5.74) is 4.18. The Kier molecular flexibility index (Phi) is 6.03. The number of carboxylic acids is 1. The van der Waals surface area contributed by atoms with E-state index in [4.69, 9.17) is 20.9 Å². The van der Waals surface area contributed by atoms with Crippen molar-refractivity contribution in [3.05, 3.63) is 83.4 Å². The number of halogens is 1. The molecule has 10 nitrogen and oxygen atoms in total. The van der Waals surface area contributed by atoms with Crippen LogP contribution in [0, 0.1) is 0 Å². The molecule has 1 aliphatic rings. The second-order valence-corrected chi connectivity index (χ2v) is 9.78. The van der Waals surface area contributed by atoms with Crippen molar-refractivity contribution in [3.63, 3.8) is 0 Å². The molecule has 0 spiro atoms. The molecule has 3 N–H and O–H groups in total. The summed E-state index contributed by atoms with van der Waals surface area (Å²) < 4.78 is 11.0. The van der Waals surface area contributed by atoms with Gasteiger partial charge in [-0.3, -0.25) is 10.1 Å². The van der Waals surface area contributed by atoms with Crippen LogP contribution in [-0.2, 0) is 14.9 Å². The first-order valence-electron chi connectivity index (χ1n) is 12.2. The summed E-state index contributed by atoms with van der Waals surface area (Å²) in [4.78, 5) is 36.5. The Bertz CT molecular complexity index is 1710. The first-order valence-corrected chi connectivity index (χ1v) is 12.6. The average molecular weight is 544 g/mol. The van der Waals surface area contributed by atoms with Gasteiger partial charge in [-0.25, -0.2) is 14.8 Å². The van der Waals surface area contributed by atoms with Crippen LogP contribution in [0.15, 0.2) is 71.8 Å². The van der Waals surface area contributed by atoms with Crippen LogP contribution in [0.3, 0.4) is 0 Å². The fraction of sp³-hybridized carbons (Fsp3) is 0.179. The van der Waals surface area contributed by atoms with E-state index in [9.17, 15) is 14.7 Å². The Labute approximate surface area is 227 Å². The van der Waals surface area contributed by atoms with Crippen LogP contribution in [0.5, 0.6) is 0 Å². The van der Waals surface area contributed by atoms with Crippen LogP contribution in [0.25, 0.3) is 33.6 Å². The normalized spacial score (nSPS) is 14.6. The molecule has 1 amide bonds. The lowest BCUT2D eigenvalue weighted by Crippen LogP contribution is -2.19. The van der Waals surface area contributed by atoms with Crippen molar-refractivity contribution in [3.8, 4) is 22.6 Å². The van der Waals surface area contributed by atoms with Gasteiger partial charge in [0, 0.05) is 22.3 Å². The lowest BCUT2D eigenvalue weighted by atomic mass is 9.94. The molecule has 2 aromatic carbocycles. The zero-order valence-corrected chi connectivity index (χ0v) is 21.4. The van der Waals surface area contributed by atoms with E-state index in [1.807, 2.05) is 30.3 Å². The Morgan fingerprint density at radius 1 is 1.13 bits per heavy atom. The lowest BCUT2D eigenvalue weighted by molar-refractivity contribution is -0.140. The van der Waals surface area contributed by atoms with Crippen molar-refractivity contribution in [2.75, 3.05) is 5.32 Å². The first kappa shape index (κ1) is 24.6. The SMILES string of the molecule is CC(OC(=O)Nc1cnoc1-c1ncc(-c2ccc(C3(C(=O)O)CC3)cc2)c2[nH]cnc12)c1ccccc1Cl. The quantitative estimate of drug-likeness (QED) is 0.215. The molecule has 39 heavy (non-hydrogen) atoms. The van der Waals surface area contributed by atoms with E-state index in [1.165, 1.54) is 6.20 Å². The van der Waals surface area contributed by atoms with Crippen LogP contribution in [-0.4, -0.2) is 37.3 Å². The standard InChI is InChI=1S/C28H22ClN5O5/c1-15(18-4-2-3-5-20(18)29)38-27(37)34-21-13-33-39-25(21)24-23-22(31-14-32-23)19(12-30-24)16-6-8-17(9-7-16)28(10-11-28)26(35)36/h2-9,12-15H,10-11H2,1H3,(H,31,32)(H,34,37)(H,35,36). The Morgan fingerprint density at radius 2 is 1.90 bits per heavy atom. The van der Waals surface area contributed by atoms with Gasteiger partial charge >= 0.3 is 12.1 Å². The second-order valence-electron chi connectivity index (χ2n) is 9.37. The molecule has 1 fully saturated rings. The number of amides is 1. The number of nitrogens with zero attached hydrogens (tertiary/aromatic N) is 3. The number of aliphatic carboxylic acids is 1. The highest BCUT2D eigenvalue weighted by Crippen LogP contribution is 2.48. The molecule has 3 heterocycles. The molecule has 0 saturated heterocycles. The third-order valence-corrected chi connectivity index (χ3v) is 7.36. The Hall–Kier alpha value is -4.70. The molecule has 1 atom stereocenters. The zero-order chi connectivity index (χ0) is 27.1. The molecule has 0 bridgehead atoms. The number of anilines is 1. The number of hydrogen-bond donors (Lipinski definition) is 3. The fourth-order valence-corrected chi connectivity index (χ4v) is 5.00. The summed E-state index contributed by atoms with van der Waals surface area (Å²) in [6, 6.07) is 14.6. The van der Waals surface area contributed by atoms with Gasteiger partial charge in [0.25, 0.3) is 0 Å². The largest absolute Gasteiger partial charge is 0.481 e. The zero-order valence-electron chi connectivity index (χ0n) is 20.6. The van der Waals surface area contributed by atoms with E-state index in [0.29, 0.717) is 40.2 Å². The number of aromatic nitrogens is 4. The van der Waals surface area contributed by atoms with Gasteiger partial charge in [-0.2, -0.15) is 0 Å². The number of benzene rings is 2. The number of carbonyl (C=O) groups excluding carboxylic acids is 1. The molecule has 196 valence electrons. The minimum atomic E-state index is -0.795. The van der Waals surface area contributed by atoms with Crippen molar-refractivity contribution in [2.45, 2.75) is 31.3 Å². The van der Waals surface area contributed by atoms with Crippen molar-refractivity contribution >= 4 is 40.4 Å². The number of nitrogens with one attached hydrogen (secondary N) is 2. The van der Waals surface area contributed by atoms with Gasteiger partial charge in [-0.15, -0.1) is 0 Å². The van der Waals surface area contributed by atoms with Gasteiger partial charge < -0.3 is 19.4 Å². The lowest BCUT2D eigenvalue weighted by Gasteiger charge is -2.15. The highest BCUT2D eigenvalue weighted by molar-refractivity contribution is 6.31. The Morgan fingerprint density at radius 3 is 2.62 bits per heavy atom. The molecule has 3 aromatic heterocycles. The van der Waals surface area contributed by atoms with Gasteiger partial charge in [0.05, 0.1) is 23.5 Å². The van der Waals surface area contributed by atoms with E-state index in [1.54, 1.807) is 37.6 Å². The number of aromatic amines is 1. The Balaban J connectivity index is 1.26. The number of carbonyl (C=O) groups is 2. The van der Waals surface area contributed by atoms with Crippen molar-refractivity contribution in [1.29, 1.82) is 0 Å². The number of H-pyrrole nitrogens is 1. The van der Waals surface area contributed by atoms with Crippen LogP contribution in [0.4, 0.5) is 10.5 Å². The smallest absolute Gasteiger partial charge is 0.412 e. The number of hydrogen-bond acceptors (Lipinski definition) is 7. The third kappa shape index (κ3) is 4.38. The minimum absolute atomic E-state index is 0.216. The fourth-order valence-electron chi connectivity index (χ4n) is 4.71. The highest BCUT2D eigenvalue weighted by atomic mass is 35.5. The molecule has 0 aliphatic heterocycles.